The van der Waals surface area contributed by atoms with Crippen molar-refractivity contribution in [1.82, 2.24) is 25.0 Å². The van der Waals surface area contributed by atoms with Crippen LogP contribution in [-0.2, 0) is 0 Å². The topological polar surface area (TPSA) is 85.0 Å². The molecule has 134 valence electrons. The fraction of sp³-hybridized carbons (Fsp3) is 0.421. The van der Waals surface area contributed by atoms with E-state index in [9.17, 15) is 4.79 Å². The lowest BCUT2D eigenvalue weighted by molar-refractivity contribution is 0.0707. The molecular formula is C19H21N5O2. The number of fused-ring (bicyclic) bond motifs is 1. The van der Waals surface area contributed by atoms with Crippen molar-refractivity contribution in [3.8, 4) is 0 Å². The number of hydrogen-bond donors (Lipinski definition) is 0. The number of carbonyl (C=O) groups excluding carboxylic acids is 1. The molecule has 26 heavy (non-hydrogen) atoms. The van der Waals surface area contributed by atoms with Crippen molar-refractivity contribution in [2.45, 2.75) is 39.5 Å². The molecule has 1 fully saturated rings. The van der Waals surface area contributed by atoms with Gasteiger partial charge in [-0.05, 0) is 39.7 Å². The molecule has 0 N–H and O–H groups in total. The van der Waals surface area contributed by atoms with E-state index in [-0.39, 0.29) is 11.8 Å². The van der Waals surface area contributed by atoms with E-state index in [0.717, 1.165) is 36.5 Å². The van der Waals surface area contributed by atoms with Crippen molar-refractivity contribution in [2.75, 3.05) is 13.1 Å². The van der Waals surface area contributed by atoms with Gasteiger partial charge in [0.2, 0.25) is 0 Å². The third-order valence-corrected chi connectivity index (χ3v) is 4.88. The lowest BCUT2D eigenvalue weighted by atomic mass is 9.94. The van der Waals surface area contributed by atoms with E-state index in [1.165, 1.54) is 0 Å². The van der Waals surface area contributed by atoms with Crippen LogP contribution in [0, 0.1) is 20.8 Å². The predicted molar refractivity (Wildman–Crippen MR) is 95.9 cm³/mol. The van der Waals surface area contributed by atoms with Crippen LogP contribution in [0.25, 0.3) is 11.1 Å². The Balaban J connectivity index is 1.65. The van der Waals surface area contributed by atoms with Crippen molar-refractivity contribution in [3.05, 3.63) is 46.8 Å². The largest absolute Gasteiger partial charge is 0.338 e. The Bertz CT molecular complexity index is 981. The zero-order chi connectivity index (χ0) is 18.3. The molecule has 7 heteroatoms. The lowest BCUT2D eigenvalue weighted by Gasteiger charge is -2.32. The SMILES string of the molecule is Cc1cncc(C2CCCN(C(=O)c3cc(C)nc4onc(C)c34)C2)n1. The fourth-order valence-electron chi connectivity index (χ4n) is 3.64. The number of rotatable bonds is 2. The summed E-state index contributed by atoms with van der Waals surface area (Å²) in [5.41, 5.74) is 4.33. The van der Waals surface area contributed by atoms with Crippen LogP contribution >= 0.6 is 0 Å². The van der Waals surface area contributed by atoms with Gasteiger partial charge >= 0.3 is 0 Å². The normalized spacial score (nSPS) is 17.7. The van der Waals surface area contributed by atoms with Crippen LogP contribution in [0.4, 0.5) is 0 Å². The van der Waals surface area contributed by atoms with Gasteiger partial charge in [-0.1, -0.05) is 5.16 Å². The number of pyridine rings is 1. The van der Waals surface area contributed by atoms with Gasteiger partial charge in [0.25, 0.3) is 11.6 Å². The molecule has 1 atom stereocenters. The first-order valence-electron chi connectivity index (χ1n) is 8.84. The van der Waals surface area contributed by atoms with Crippen LogP contribution in [0.2, 0.25) is 0 Å². The average molecular weight is 351 g/mol. The third-order valence-electron chi connectivity index (χ3n) is 4.88. The summed E-state index contributed by atoms with van der Waals surface area (Å²) < 4.78 is 5.26. The molecule has 0 radical (unpaired) electrons. The highest BCUT2D eigenvalue weighted by Crippen LogP contribution is 2.29. The Hall–Kier alpha value is -2.83. The van der Waals surface area contributed by atoms with Gasteiger partial charge < -0.3 is 9.42 Å². The van der Waals surface area contributed by atoms with Gasteiger partial charge in [0.1, 0.15) is 0 Å². The van der Waals surface area contributed by atoms with Gasteiger partial charge in [0.05, 0.1) is 28.0 Å². The molecule has 1 aliphatic heterocycles. The highest BCUT2D eigenvalue weighted by atomic mass is 16.5. The molecule has 0 saturated carbocycles. The molecule has 1 saturated heterocycles. The second-order valence-corrected chi connectivity index (χ2v) is 6.93. The molecule has 0 aliphatic carbocycles. The lowest BCUT2D eigenvalue weighted by Crippen LogP contribution is -2.39. The van der Waals surface area contributed by atoms with Gasteiger partial charge in [0.15, 0.2) is 0 Å². The fourth-order valence-corrected chi connectivity index (χ4v) is 3.64. The number of likely N-dealkylation sites (tertiary alicyclic amines) is 1. The van der Waals surface area contributed by atoms with Crippen molar-refractivity contribution in [3.63, 3.8) is 0 Å². The van der Waals surface area contributed by atoms with Gasteiger partial charge in [-0.3, -0.25) is 14.8 Å². The van der Waals surface area contributed by atoms with Gasteiger partial charge in [0, 0.05) is 37.1 Å². The molecule has 0 spiro atoms. The first kappa shape index (κ1) is 16.6. The van der Waals surface area contributed by atoms with E-state index in [4.69, 9.17) is 4.52 Å². The van der Waals surface area contributed by atoms with E-state index in [0.29, 0.717) is 28.9 Å². The van der Waals surface area contributed by atoms with Crippen LogP contribution in [0.3, 0.4) is 0 Å². The quantitative estimate of drug-likeness (QED) is 0.706. The molecule has 3 aromatic heterocycles. The smallest absolute Gasteiger partial charge is 0.258 e. The number of aryl methyl sites for hydroxylation is 3. The van der Waals surface area contributed by atoms with E-state index in [1.54, 1.807) is 6.20 Å². The Labute approximate surface area is 151 Å². The van der Waals surface area contributed by atoms with Crippen LogP contribution in [0.5, 0.6) is 0 Å². The minimum absolute atomic E-state index is 0.00267. The van der Waals surface area contributed by atoms with Crippen LogP contribution in [-0.4, -0.2) is 44.0 Å². The first-order valence-corrected chi connectivity index (χ1v) is 8.84. The molecule has 0 bridgehead atoms. The summed E-state index contributed by atoms with van der Waals surface area (Å²) in [6.45, 7) is 7.01. The number of piperidine rings is 1. The van der Waals surface area contributed by atoms with Crippen molar-refractivity contribution >= 4 is 17.0 Å². The molecule has 7 nitrogen and oxygen atoms in total. The zero-order valence-electron chi connectivity index (χ0n) is 15.2. The highest BCUT2D eigenvalue weighted by Gasteiger charge is 2.28. The van der Waals surface area contributed by atoms with Crippen LogP contribution < -0.4 is 0 Å². The standard InChI is InChI=1S/C19H21N5O2/c1-11-7-15(17-13(3)23-26-18(17)22-11)19(25)24-6-4-5-14(10-24)16-9-20-8-12(2)21-16/h7-9,14H,4-6,10H2,1-3H3. The van der Waals surface area contributed by atoms with Gasteiger partial charge in [-0.25, -0.2) is 4.98 Å². The van der Waals surface area contributed by atoms with E-state index < -0.39 is 0 Å². The Morgan fingerprint density at radius 3 is 2.85 bits per heavy atom. The molecule has 0 aromatic carbocycles. The summed E-state index contributed by atoms with van der Waals surface area (Å²) in [7, 11) is 0. The van der Waals surface area contributed by atoms with Crippen LogP contribution in [0.15, 0.2) is 23.0 Å². The summed E-state index contributed by atoms with van der Waals surface area (Å²) in [5.74, 6) is 0.208. The minimum Gasteiger partial charge on any atom is -0.338 e. The van der Waals surface area contributed by atoms with E-state index in [2.05, 4.69) is 20.1 Å². The Kier molecular flexibility index (Phi) is 4.14. The van der Waals surface area contributed by atoms with Gasteiger partial charge in [-0.15, -0.1) is 0 Å². The molecule has 3 aromatic rings. The molecule has 1 unspecified atom stereocenters. The summed E-state index contributed by atoms with van der Waals surface area (Å²) in [6, 6.07) is 1.82. The summed E-state index contributed by atoms with van der Waals surface area (Å²) in [4.78, 5) is 28.3. The second-order valence-electron chi connectivity index (χ2n) is 6.93. The summed E-state index contributed by atoms with van der Waals surface area (Å²) >= 11 is 0. The second kappa shape index (κ2) is 6.48. The Morgan fingerprint density at radius 2 is 2.04 bits per heavy atom. The number of aromatic nitrogens is 4. The number of amides is 1. The monoisotopic (exact) mass is 351 g/mol. The predicted octanol–water partition coefficient (Wildman–Crippen LogP) is 2.96. The van der Waals surface area contributed by atoms with Crippen molar-refractivity contribution < 1.29 is 9.32 Å². The zero-order valence-corrected chi connectivity index (χ0v) is 15.2. The number of nitrogens with zero attached hydrogens (tertiary/aromatic N) is 5. The minimum atomic E-state index is -0.00267. The third kappa shape index (κ3) is 2.94. The maximum Gasteiger partial charge on any atom is 0.258 e. The molecular weight excluding hydrogens is 330 g/mol. The average Bonchev–Trinajstić information content (AvgIpc) is 3.01. The van der Waals surface area contributed by atoms with Crippen molar-refractivity contribution in [1.29, 1.82) is 0 Å². The maximum atomic E-state index is 13.3. The highest BCUT2D eigenvalue weighted by molar-refractivity contribution is 6.06. The molecule has 1 aliphatic rings. The molecule has 1 amide bonds. The van der Waals surface area contributed by atoms with Crippen molar-refractivity contribution in [2.24, 2.45) is 0 Å². The van der Waals surface area contributed by atoms with Gasteiger partial charge in [-0.2, -0.15) is 0 Å². The first-order chi connectivity index (χ1) is 12.5. The number of hydrogen-bond acceptors (Lipinski definition) is 6. The molecule has 4 heterocycles. The van der Waals surface area contributed by atoms with E-state index >= 15 is 0 Å². The summed E-state index contributed by atoms with van der Waals surface area (Å²) in [5, 5.41) is 4.68. The maximum absolute atomic E-state index is 13.3. The number of carbonyl (C=O) groups is 1. The van der Waals surface area contributed by atoms with E-state index in [1.807, 2.05) is 37.9 Å². The molecule has 4 rings (SSSR count). The van der Waals surface area contributed by atoms with Crippen LogP contribution in [0.1, 0.15) is 51.9 Å². The summed E-state index contributed by atoms with van der Waals surface area (Å²) in [6.07, 6.45) is 5.52. The Morgan fingerprint density at radius 1 is 1.19 bits per heavy atom.